The number of hydrogen-bond acceptors (Lipinski definition) is 4. The van der Waals surface area contributed by atoms with Gasteiger partial charge in [0.2, 0.25) is 5.88 Å². The van der Waals surface area contributed by atoms with E-state index in [9.17, 15) is 0 Å². The molecule has 0 fully saturated rings. The molecule has 0 amide bonds. The molecule has 20 heavy (non-hydrogen) atoms. The van der Waals surface area contributed by atoms with Crippen LogP contribution in [0, 0.1) is 0 Å². The normalized spacial score (nSPS) is 11.0. The van der Waals surface area contributed by atoms with Crippen molar-refractivity contribution in [3.63, 3.8) is 0 Å². The Labute approximate surface area is 132 Å². The van der Waals surface area contributed by atoms with E-state index in [2.05, 4.69) is 31.0 Å². The van der Waals surface area contributed by atoms with E-state index in [0.717, 1.165) is 0 Å². The lowest BCUT2D eigenvalue weighted by Gasteiger charge is -2.06. The Morgan fingerprint density at radius 2 is 2.00 bits per heavy atom. The molecule has 102 valence electrons. The molecule has 0 aliphatic rings. The molecule has 0 radical (unpaired) electrons. The summed E-state index contributed by atoms with van der Waals surface area (Å²) >= 11 is 15.2. The van der Waals surface area contributed by atoms with Gasteiger partial charge in [-0.2, -0.15) is 5.10 Å². The Balaban J connectivity index is 2.08. The average Bonchev–Trinajstić information content (AvgIpc) is 2.71. The number of nitrogens with zero attached hydrogens (tertiary/aromatic N) is 4. The summed E-state index contributed by atoms with van der Waals surface area (Å²) in [6.45, 7) is 0. The summed E-state index contributed by atoms with van der Waals surface area (Å²) in [5.41, 5.74) is 0.668. The third kappa shape index (κ3) is 2.34. The largest absolute Gasteiger partial charge is 0.438 e. The molecule has 1 aromatic carbocycles. The van der Waals surface area contributed by atoms with Crippen LogP contribution in [0.25, 0.3) is 11.0 Å². The quantitative estimate of drug-likeness (QED) is 0.674. The van der Waals surface area contributed by atoms with Crippen molar-refractivity contribution < 1.29 is 4.74 Å². The molecule has 3 rings (SSSR count). The first kappa shape index (κ1) is 13.6. The minimum absolute atomic E-state index is 0.397. The fourth-order valence-corrected chi connectivity index (χ4v) is 2.62. The fraction of sp³-hybridized carbons (Fsp3) is 0.0833. The third-order valence-corrected chi connectivity index (χ3v) is 3.94. The van der Waals surface area contributed by atoms with E-state index in [-0.39, 0.29) is 0 Å². The first-order valence-corrected chi connectivity index (χ1v) is 7.07. The third-order valence-electron chi connectivity index (χ3n) is 2.65. The number of ether oxygens (including phenoxy) is 1. The average molecular weight is 374 g/mol. The second kappa shape index (κ2) is 5.20. The number of fused-ring (bicyclic) bond motifs is 1. The summed E-state index contributed by atoms with van der Waals surface area (Å²) in [4.78, 5) is 8.30. The maximum absolute atomic E-state index is 5.96. The molecule has 0 saturated heterocycles. The van der Waals surface area contributed by atoms with Crippen LogP contribution in [0.15, 0.2) is 29.1 Å². The lowest BCUT2D eigenvalue weighted by atomic mass is 10.3. The Morgan fingerprint density at radius 1 is 1.20 bits per heavy atom. The van der Waals surface area contributed by atoms with Gasteiger partial charge in [-0.1, -0.05) is 23.2 Å². The van der Waals surface area contributed by atoms with E-state index in [0.29, 0.717) is 37.3 Å². The van der Waals surface area contributed by atoms with E-state index in [1.54, 1.807) is 29.9 Å². The zero-order valence-corrected chi connectivity index (χ0v) is 13.2. The SMILES string of the molecule is Cn1nc(Br)c2c(Oc3ccc(Cl)c(Cl)c3)ncnc21. The van der Waals surface area contributed by atoms with Gasteiger partial charge >= 0.3 is 0 Å². The number of aromatic nitrogens is 4. The lowest BCUT2D eigenvalue weighted by molar-refractivity contribution is 0.468. The van der Waals surface area contributed by atoms with Gasteiger partial charge in [-0.3, -0.25) is 0 Å². The van der Waals surface area contributed by atoms with E-state index in [1.807, 2.05) is 0 Å². The number of aryl methyl sites for hydroxylation is 1. The van der Waals surface area contributed by atoms with Gasteiger partial charge in [0.1, 0.15) is 22.1 Å². The van der Waals surface area contributed by atoms with Crippen LogP contribution < -0.4 is 4.74 Å². The second-order valence-corrected chi connectivity index (χ2v) is 5.54. The topological polar surface area (TPSA) is 52.8 Å². The lowest BCUT2D eigenvalue weighted by Crippen LogP contribution is -1.94. The molecule has 5 nitrogen and oxygen atoms in total. The summed E-state index contributed by atoms with van der Waals surface area (Å²) < 4.78 is 8.00. The van der Waals surface area contributed by atoms with Gasteiger partial charge in [-0.05, 0) is 28.1 Å². The maximum Gasteiger partial charge on any atom is 0.234 e. The van der Waals surface area contributed by atoms with E-state index in [1.165, 1.54) is 6.33 Å². The highest BCUT2D eigenvalue weighted by molar-refractivity contribution is 9.10. The molecule has 0 aliphatic carbocycles. The Bertz CT molecular complexity index is 805. The summed E-state index contributed by atoms with van der Waals surface area (Å²) in [5, 5.41) is 5.81. The van der Waals surface area contributed by atoms with Gasteiger partial charge in [0.15, 0.2) is 5.65 Å². The smallest absolute Gasteiger partial charge is 0.234 e. The summed E-state index contributed by atoms with van der Waals surface area (Å²) in [6.07, 6.45) is 1.42. The molecule has 2 aromatic heterocycles. The molecule has 0 atom stereocenters. The van der Waals surface area contributed by atoms with E-state index in [4.69, 9.17) is 27.9 Å². The summed E-state index contributed by atoms with van der Waals surface area (Å²) in [7, 11) is 1.79. The van der Waals surface area contributed by atoms with Crippen LogP contribution in [0.2, 0.25) is 10.0 Å². The van der Waals surface area contributed by atoms with Crippen molar-refractivity contribution in [1.82, 2.24) is 19.7 Å². The van der Waals surface area contributed by atoms with Gasteiger partial charge in [0.25, 0.3) is 0 Å². The Hall–Kier alpha value is -1.37. The molecule has 2 heterocycles. The first-order valence-electron chi connectivity index (χ1n) is 5.52. The van der Waals surface area contributed by atoms with Crippen LogP contribution in [-0.4, -0.2) is 19.7 Å². The van der Waals surface area contributed by atoms with Crippen LogP contribution in [-0.2, 0) is 7.05 Å². The molecule has 0 bridgehead atoms. The molecule has 0 N–H and O–H groups in total. The van der Waals surface area contributed by atoms with E-state index >= 15 is 0 Å². The van der Waals surface area contributed by atoms with Crippen molar-refractivity contribution in [2.75, 3.05) is 0 Å². The van der Waals surface area contributed by atoms with Crippen LogP contribution in [0.3, 0.4) is 0 Å². The van der Waals surface area contributed by atoms with Gasteiger partial charge in [-0.25, -0.2) is 14.6 Å². The maximum atomic E-state index is 5.96. The van der Waals surface area contributed by atoms with Crippen LogP contribution in [0.1, 0.15) is 0 Å². The molecule has 0 saturated carbocycles. The van der Waals surface area contributed by atoms with E-state index < -0.39 is 0 Å². The predicted octanol–water partition coefficient (Wildman–Crippen LogP) is 4.22. The summed E-state index contributed by atoms with van der Waals surface area (Å²) in [5.74, 6) is 0.934. The van der Waals surface area contributed by atoms with Crippen molar-refractivity contribution in [2.24, 2.45) is 7.05 Å². The highest BCUT2D eigenvalue weighted by atomic mass is 79.9. The van der Waals surface area contributed by atoms with Crippen molar-refractivity contribution in [1.29, 1.82) is 0 Å². The van der Waals surface area contributed by atoms with Gasteiger partial charge in [0, 0.05) is 13.1 Å². The highest BCUT2D eigenvalue weighted by Crippen LogP contribution is 2.33. The van der Waals surface area contributed by atoms with Crippen molar-refractivity contribution in [3.8, 4) is 11.6 Å². The van der Waals surface area contributed by atoms with Gasteiger partial charge in [-0.15, -0.1) is 0 Å². The molecular weight excluding hydrogens is 367 g/mol. The zero-order chi connectivity index (χ0) is 14.3. The molecular formula is C12H7BrCl2N4O. The Kier molecular flexibility index (Phi) is 3.54. The molecule has 0 aliphatic heterocycles. The molecule has 8 heteroatoms. The monoisotopic (exact) mass is 372 g/mol. The van der Waals surface area contributed by atoms with Crippen molar-refractivity contribution in [2.45, 2.75) is 0 Å². The summed E-state index contributed by atoms with van der Waals surface area (Å²) in [6, 6.07) is 5.00. The van der Waals surface area contributed by atoms with Crippen molar-refractivity contribution >= 4 is 50.2 Å². The molecule has 0 unspecified atom stereocenters. The van der Waals surface area contributed by atoms with Crippen LogP contribution in [0.4, 0.5) is 0 Å². The number of rotatable bonds is 2. The second-order valence-electron chi connectivity index (χ2n) is 3.97. The fourth-order valence-electron chi connectivity index (χ4n) is 1.75. The zero-order valence-electron chi connectivity index (χ0n) is 10.1. The number of benzene rings is 1. The number of hydrogen-bond donors (Lipinski definition) is 0. The minimum Gasteiger partial charge on any atom is -0.438 e. The standard InChI is InChI=1S/C12H7BrCl2N4O/c1-19-11-9(10(13)18-19)12(17-5-16-11)20-6-2-3-7(14)8(15)4-6/h2-5H,1H3. The predicted molar refractivity (Wildman–Crippen MR) is 80.5 cm³/mol. The molecule has 0 spiro atoms. The first-order chi connectivity index (χ1) is 9.56. The van der Waals surface area contributed by atoms with Crippen molar-refractivity contribution in [3.05, 3.63) is 39.2 Å². The van der Waals surface area contributed by atoms with Crippen LogP contribution in [0.5, 0.6) is 11.6 Å². The van der Waals surface area contributed by atoms with Crippen LogP contribution >= 0.6 is 39.1 Å². The van der Waals surface area contributed by atoms with Gasteiger partial charge in [0.05, 0.1) is 10.0 Å². The molecule has 3 aromatic rings. The number of halogens is 3. The van der Waals surface area contributed by atoms with Gasteiger partial charge < -0.3 is 4.74 Å². The highest BCUT2D eigenvalue weighted by Gasteiger charge is 2.15. The Morgan fingerprint density at radius 3 is 2.75 bits per heavy atom. The minimum atomic E-state index is 0.397.